The maximum atomic E-state index is 13.3. The summed E-state index contributed by atoms with van der Waals surface area (Å²) in [4.78, 5) is 28.3. The van der Waals surface area contributed by atoms with Crippen molar-refractivity contribution in [1.82, 2.24) is 0 Å². The molecule has 1 atom stereocenters. The number of rotatable bonds is 6. The molecule has 1 aliphatic rings. The molecule has 146 valence electrons. The molecular weight excluding hydrogens is 386 g/mol. The average Bonchev–Trinajstić information content (AvgIpc) is 3.10. The minimum absolute atomic E-state index is 0.150. The van der Waals surface area contributed by atoms with Crippen LogP contribution >= 0.6 is 11.8 Å². The van der Waals surface area contributed by atoms with Crippen molar-refractivity contribution in [2.75, 3.05) is 18.2 Å². The van der Waals surface area contributed by atoms with Gasteiger partial charge in [0.25, 0.3) is 0 Å². The highest BCUT2D eigenvalue weighted by molar-refractivity contribution is 8.14. The van der Waals surface area contributed by atoms with E-state index in [-0.39, 0.29) is 23.9 Å². The summed E-state index contributed by atoms with van der Waals surface area (Å²) in [5.74, 6) is -1.67. The van der Waals surface area contributed by atoms with Gasteiger partial charge in [0.1, 0.15) is 11.6 Å². The maximum Gasteiger partial charge on any atom is 0.331 e. The number of benzene rings is 2. The highest BCUT2D eigenvalue weighted by Gasteiger charge is 2.26. The molecule has 0 fully saturated rings. The zero-order valence-electron chi connectivity index (χ0n) is 15.1. The predicted octanol–water partition coefficient (Wildman–Crippen LogP) is 3.38. The van der Waals surface area contributed by atoms with Gasteiger partial charge in [0.15, 0.2) is 6.04 Å². The van der Waals surface area contributed by atoms with E-state index in [1.807, 2.05) is 12.1 Å². The van der Waals surface area contributed by atoms with E-state index in [1.54, 1.807) is 12.1 Å². The Hall–Kier alpha value is -2.74. The van der Waals surface area contributed by atoms with Crippen molar-refractivity contribution in [3.05, 3.63) is 65.2 Å². The average molecular weight is 404 g/mol. The first-order valence-electron chi connectivity index (χ1n) is 8.54. The summed E-state index contributed by atoms with van der Waals surface area (Å²) in [6.07, 6.45) is 0.312. The summed E-state index contributed by atoms with van der Waals surface area (Å²) in [7, 11) is 1.33. The molecule has 0 saturated carbocycles. The van der Waals surface area contributed by atoms with Gasteiger partial charge in [-0.2, -0.15) is 0 Å². The van der Waals surface area contributed by atoms with Crippen molar-refractivity contribution in [3.8, 4) is 0 Å². The fourth-order valence-corrected chi connectivity index (χ4v) is 3.85. The minimum atomic E-state index is -0.723. The van der Waals surface area contributed by atoms with Gasteiger partial charge in [-0.3, -0.25) is 9.79 Å². The van der Waals surface area contributed by atoms with Gasteiger partial charge in [-0.15, -0.1) is 11.8 Å². The van der Waals surface area contributed by atoms with Crippen molar-refractivity contribution < 1.29 is 23.1 Å². The summed E-state index contributed by atoms with van der Waals surface area (Å²) in [6.45, 7) is 0. The van der Waals surface area contributed by atoms with Crippen molar-refractivity contribution in [1.29, 1.82) is 0 Å². The number of ether oxygens (including phenoxy) is 1. The zero-order chi connectivity index (χ0) is 20.1. The number of thioether (sulfide) groups is 1. The number of methoxy groups -OCH3 is 1. The highest BCUT2D eigenvalue weighted by atomic mass is 32.2. The molecule has 3 rings (SSSR count). The van der Waals surface area contributed by atoms with Gasteiger partial charge in [0.2, 0.25) is 5.91 Å². The van der Waals surface area contributed by atoms with Crippen LogP contribution in [0.15, 0.2) is 47.5 Å². The Kier molecular flexibility index (Phi) is 6.41. The van der Waals surface area contributed by atoms with Crippen LogP contribution in [-0.2, 0) is 27.2 Å². The van der Waals surface area contributed by atoms with Gasteiger partial charge in [-0.25, -0.2) is 13.6 Å². The molecule has 1 aliphatic heterocycles. The number of nitrogens with zero attached hydrogens (tertiary/aromatic N) is 1. The smallest absolute Gasteiger partial charge is 0.331 e. The molecular formula is C20H18F2N2O3S. The Balaban J connectivity index is 1.68. The molecule has 1 N–H and O–H groups in total. The van der Waals surface area contributed by atoms with Gasteiger partial charge in [0, 0.05) is 23.9 Å². The van der Waals surface area contributed by atoms with Crippen molar-refractivity contribution in [2.45, 2.75) is 18.9 Å². The second-order valence-electron chi connectivity index (χ2n) is 6.21. The molecule has 8 heteroatoms. The highest BCUT2D eigenvalue weighted by Crippen LogP contribution is 2.25. The van der Waals surface area contributed by atoms with E-state index < -0.39 is 17.7 Å². The second kappa shape index (κ2) is 8.97. The van der Waals surface area contributed by atoms with E-state index in [1.165, 1.54) is 18.9 Å². The third kappa shape index (κ3) is 5.16. The van der Waals surface area contributed by atoms with Crippen molar-refractivity contribution in [3.63, 3.8) is 0 Å². The molecule has 0 unspecified atom stereocenters. The number of hydrogen-bond acceptors (Lipinski definition) is 5. The third-order valence-electron chi connectivity index (χ3n) is 4.10. The van der Waals surface area contributed by atoms with E-state index in [9.17, 15) is 18.4 Å². The van der Waals surface area contributed by atoms with Gasteiger partial charge < -0.3 is 10.1 Å². The maximum absolute atomic E-state index is 13.3. The lowest BCUT2D eigenvalue weighted by atomic mass is 10.1. The number of hydrogen-bond donors (Lipinski definition) is 1. The van der Waals surface area contributed by atoms with Crippen LogP contribution in [0.25, 0.3) is 0 Å². The van der Waals surface area contributed by atoms with Crippen LogP contribution in [0.2, 0.25) is 0 Å². The quantitative estimate of drug-likeness (QED) is 0.750. The third-order valence-corrected chi connectivity index (χ3v) is 5.17. The van der Waals surface area contributed by atoms with Crippen LogP contribution < -0.4 is 5.32 Å². The molecule has 2 aromatic carbocycles. The number of esters is 1. The van der Waals surface area contributed by atoms with Crippen LogP contribution in [0.5, 0.6) is 0 Å². The summed E-state index contributed by atoms with van der Waals surface area (Å²) >= 11 is 1.48. The molecule has 28 heavy (non-hydrogen) atoms. The molecule has 5 nitrogen and oxygen atoms in total. The van der Waals surface area contributed by atoms with Crippen LogP contribution in [0, 0.1) is 11.6 Å². The largest absolute Gasteiger partial charge is 0.467 e. The number of halogens is 2. The first-order valence-corrected chi connectivity index (χ1v) is 9.53. The zero-order valence-corrected chi connectivity index (χ0v) is 15.9. The Labute approximate surface area is 165 Å². The second-order valence-corrected chi connectivity index (χ2v) is 7.30. The van der Waals surface area contributed by atoms with Crippen molar-refractivity contribution >= 4 is 34.4 Å². The topological polar surface area (TPSA) is 67.8 Å². The van der Waals surface area contributed by atoms with Crippen molar-refractivity contribution in [2.24, 2.45) is 4.99 Å². The monoisotopic (exact) mass is 404 g/mol. The number of anilines is 1. The number of carbonyl (C=O) groups excluding carboxylic acids is 2. The molecule has 0 spiro atoms. The lowest BCUT2D eigenvalue weighted by molar-refractivity contribution is -0.141. The number of carbonyl (C=O) groups is 2. The first kappa shape index (κ1) is 20.0. The van der Waals surface area contributed by atoms with Crippen LogP contribution in [0.3, 0.4) is 0 Å². The Bertz CT molecular complexity index is 913. The van der Waals surface area contributed by atoms with Gasteiger partial charge >= 0.3 is 5.97 Å². The van der Waals surface area contributed by atoms with Gasteiger partial charge in [-0.1, -0.05) is 18.2 Å². The summed E-state index contributed by atoms with van der Waals surface area (Å²) in [5.41, 5.74) is 1.68. The van der Waals surface area contributed by atoms with Crippen LogP contribution in [0.1, 0.15) is 11.1 Å². The fourth-order valence-electron chi connectivity index (χ4n) is 2.83. The Morgan fingerprint density at radius 1 is 1.21 bits per heavy atom. The number of para-hydroxylation sites is 1. The fraction of sp³-hybridized carbons (Fsp3) is 0.250. The molecule has 0 aliphatic carbocycles. The molecule has 0 bridgehead atoms. The standard InChI is InChI=1S/C20H18F2N2O3S/c1-27-20(26)17-11-28-19(24-17)9-13-4-2-3-5-16(13)23-18(25)8-12-6-14(21)10-15(22)7-12/h2-7,10,17H,8-9,11H2,1H3,(H,23,25)/t17-/m1/s1. The van der Waals surface area contributed by atoms with Crippen LogP contribution in [0.4, 0.5) is 14.5 Å². The number of nitrogens with one attached hydrogen (secondary N) is 1. The predicted molar refractivity (Wildman–Crippen MR) is 105 cm³/mol. The SMILES string of the molecule is COC(=O)[C@H]1CSC(Cc2ccccc2NC(=O)Cc2cc(F)cc(F)c2)=N1. The van der Waals surface area contributed by atoms with Crippen LogP contribution in [-0.4, -0.2) is 35.8 Å². The lowest BCUT2D eigenvalue weighted by Gasteiger charge is -2.11. The molecule has 1 amide bonds. The summed E-state index contributed by atoms with van der Waals surface area (Å²) < 4.78 is 31.3. The van der Waals surface area contributed by atoms with Gasteiger partial charge in [0.05, 0.1) is 18.6 Å². The molecule has 1 heterocycles. The minimum Gasteiger partial charge on any atom is -0.467 e. The Morgan fingerprint density at radius 2 is 1.93 bits per heavy atom. The van der Waals surface area contributed by atoms with E-state index in [4.69, 9.17) is 4.74 Å². The molecule has 2 aromatic rings. The van der Waals surface area contributed by atoms with E-state index in [0.717, 1.165) is 28.8 Å². The lowest BCUT2D eigenvalue weighted by Crippen LogP contribution is -2.19. The normalized spacial score (nSPS) is 15.8. The van der Waals surface area contributed by atoms with Gasteiger partial charge in [-0.05, 0) is 29.3 Å². The summed E-state index contributed by atoms with van der Waals surface area (Å²) in [6, 6.07) is 9.74. The molecule has 0 radical (unpaired) electrons. The molecule has 0 saturated heterocycles. The van der Waals surface area contributed by atoms with E-state index in [0.29, 0.717) is 17.9 Å². The summed E-state index contributed by atoms with van der Waals surface area (Å²) in [5, 5.41) is 3.56. The first-order chi connectivity index (χ1) is 13.4. The molecule has 0 aromatic heterocycles. The number of amides is 1. The van der Waals surface area contributed by atoms with E-state index >= 15 is 0 Å². The Morgan fingerprint density at radius 3 is 2.64 bits per heavy atom. The number of aliphatic imine (C=N–C) groups is 1. The van der Waals surface area contributed by atoms with E-state index in [2.05, 4.69) is 10.3 Å².